The lowest BCUT2D eigenvalue weighted by Gasteiger charge is -2.18. The van der Waals surface area contributed by atoms with Crippen LogP contribution >= 0.6 is 0 Å². The summed E-state index contributed by atoms with van der Waals surface area (Å²) in [7, 11) is -2.49. The van der Waals surface area contributed by atoms with Crippen LogP contribution in [0.4, 0.5) is 0 Å². The van der Waals surface area contributed by atoms with Gasteiger partial charge in [-0.25, -0.2) is 18.4 Å². The molecule has 0 saturated heterocycles. The van der Waals surface area contributed by atoms with Crippen molar-refractivity contribution in [1.29, 1.82) is 0 Å². The van der Waals surface area contributed by atoms with Gasteiger partial charge in [0.1, 0.15) is 4.90 Å². The zero-order chi connectivity index (χ0) is 17.0. The van der Waals surface area contributed by atoms with E-state index in [1.165, 1.54) is 26.4 Å². The molecule has 0 aliphatic rings. The third-order valence-corrected chi connectivity index (χ3v) is 5.10. The van der Waals surface area contributed by atoms with E-state index in [1.807, 2.05) is 30.3 Å². The van der Waals surface area contributed by atoms with Gasteiger partial charge >= 0.3 is 5.97 Å². The Morgan fingerprint density at radius 1 is 1.22 bits per heavy atom. The predicted molar refractivity (Wildman–Crippen MR) is 84.1 cm³/mol. The summed E-state index contributed by atoms with van der Waals surface area (Å²) in [6, 6.07) is 9.18. The Morgan fingerprint density at radius 3 is 2.30 bits per heavy atom. The summed E-state index contributed by atoms with van der Waals surface area (Å²) in [5, 5.41) is 8.88. The molecule has 2 rings (SSSR count). The summed E-state index contributed by atoms with van der Waals surface area (Å²) in [6.07, 6.45) is 2.46. The lowest BCUT2D eigenvalue weighted by atomic mass is 10.2. The van der Waals surface area contributed by atoms with Crippen LogP contribution in [-0.2, 0) is 14.8 Å². The highest BCUT2D eigenvalue weighted by molar-refractivity contribution is 7.89. The molecule has 0 aliphatic carbocycles. The van der Waals surface area contributed by atoms with Crippen LogP contribution in [0.5, 0.6) is 0 Å². The maximum atomic E-state index is 12.4. The van der Waals surface area contributed by atoms with Gasteiger partial charge in [-0.3, -0.25) is 4.79 Å². The summed E-state index contributed by atoms with van der Waals surface area (Å²) in [4.78, 5) is 18.9. The molecule has 1 aromatic heterocycles. The Kier molecular flexibility index (Phi) is 5.07. The molecule has 1 unspecified atom stereocenters. The molecule has 0 amide bonds. The van der Waals surface area contributed by atoms with Crippen molar-refractivity contribution in [3.63, 3.8) is 0 Å². The molecule has 122 valence electrons. The van der Waals surface area contributed by atoms with Crippen LogP contribution in [0.3, 0.4) is 0 Å². The van der Waals surface area contributed by atoms with Crippen molar-refractivity contribution in [3.05, 3.63) is 42.7 Å². The summed E-state index contributed by atoms with van der Waals surface area (Å²) < 4.78 is 25.8. The van der Waals surface area contributed by atoms with E-state index in [9.17, 15) is 13.2 Å². The Labute approximate surface area is 134 Å². The summed E-state index contributed by atoms with van der Waals surface area (Å²) in [5.41, 5.74) is 0.782. The summed E-state index contributed by atoms with van der Waals surface area (Å²) in [6.45, 7) is 1.32. The normalized spacial score (nSPS) is 13.0. The van der Waals surface area contributed by atoms with Gasteiger partial charge in [-0.05, 0) is 0 Å². The van der Waals surface area contributed by atoms with Crippen LogP contribution in [0, 0.1) is 5.92 Å². The molecule has 0 fully saturated rings. The van der Waals surface area contributed by atoms with Gasteiger partial charge in [-0.15, -0.1) is 0 Å². The Bertz CT molecular complexity index is 776. The van der Waals surface area contributed by atoms with Crippen molar-refractivity contribution in [2.75, 3.05) is 13.6 Å². The minimum Gasteiger partial charge on any atom is -0.481 e. The lowest BCUT2D eigenvalue weighted by Crippen LogP contribution is -2.33. The van der Waals surface area contributed by atoms with Crippen molar-refractivity contribution in [2.24, 2.45) is 5.92 Å². The number of aromatic nitrogens is 2. The number of sulfonamides is 1. The molecule has 0 bridgehead atoms. The van der Waals surface area contributed by atoms with E-state index >= 15 is 0 Å². The molecule has 2 aromatic rings. The van der Waals surface area contributed by atoms with Crippen molar-refractivity contribution < 1.29 is 18.3 Å². The van der Waals surface area contributed by atoms with Gasteiger partial charge < -0.3 is 5.11 Å². The standard InChI is InChI=1S/C15H17N3O4S/c1-11(15(19)20)10-18(2)23(21,22)13-8-16-14(17-9-13)12-6-4-3-5-7-12/h3-9,11H,10H2,1-2H3,(H,19,20). The number of rotatable bonds is 6. The van der Waals surface area contributed by atoms with Gasteiger partial charge in [0.25, 0.3) is 0 Å². The molecule has 7 nitrogen and oxygen atoms in total. The monoisotopic (exact) mass is 335 g/mol. The second-order valence-corrected chi connectivity index (χ2v) is 7.18. The Morgan fingerprint density at radius 2 is 1.78 bits per heavy atom. The van der Waals surface area contributed by atoms with Gasteiger partial charge in [-0.2, -0.15) is 4.31 Å². The van der Waals surface area contributed by atoms with Crippen molar-refractivity contribution in [1.82, 2.24) is 14.3 Å². The van der Waals surface area contributed by atoms with Gasteiger partial charge in [0.2, 0.25) is 10.0 Å². The minimum atomic E-state index is -3.82. The summed E-state index contributed by atoms with van der Waals surface area (Å²) in [5.74, 6) is -1.44. The number of hydrogen-bond acceptors (Lipinski definition) is 5. The third-order valence-electron chi connectivity index (χ3n) is 3.32. The van der Waals surface area contributed by atoms with Crippen LogP contribution in [0.25, 0.3) is 11.4 Å². The fraction of sp³-hybridized carbons (Fsp3) is 0.267. The van der Waals surface area contributed by atoms with Gasteiger partial charge in [-0.1, -0.05) is 37.3 Å². The van der Waals surface area contributed by atoms with Gasteiger partial charge in [0.15, 0.2) is 5.82 Å². The van der Waals surface area contributed by atoms with E-state index in [0.29, 0.717) is 5.82 Å². The topological polar surface area (TPSA) is 100 Å². The quantitative estimate of drug-likeness (QED) is 0.858. The highest BCUT2D eigenvalue weighted by Crippen LogP contribution is 2.17. The molecule has 23 heavy (non-hydrogen) atoms. The first-order valence-corrected chi connectivity index (χ1v) is 8.33. The lowest BCUT2D eigenvalue weighted by molar-refractivity contribution is -0.141. The third kappa shape index (κ3) is 3.91. The average molecular weight is 335 g/mol. The molecular weight excluding hydrogens is 318 g/mol. The van der Waals surface area contributed by atoms with E-state index in [-0.39, 0.29) is 11.4 Å². The molecule has 0 saturated carbocycles. The predicted octanol–water partition coefficient (Wildman–Crippen LogP) is 1.48. The fourth-order valence-corrected chi connectivity index (χ4v) is 3.08. The van der Waals surface area contributed by atoms with E-state index in [0.717, 1.165) is 9.87 Å². The minimum absolute atomic E-state index is 0.0720. The number of carbonyl (C=O) groups is 1. The van der Waals surface area contributed by atoms with Crippen molar-refractivity contribution >= 4 is 16.0 Å². The molecule has 0 radical (unpaired) electrons. The van der Waals surface area contributed by atoms with Gasteiger partial charge in [0, 0.05) is 19.2 Å². The number of hydrogen-bond donors (Lipinski definition) is 1. The maximum Gasteiger partial charge on any atom is 0.307 e. The molecule has 0 spiro atoms. The zero-order valence-electron chi connectivity index (χ0n) is 12.7. The van der Waals surface area contributed by atoms with E-state index in [1.54, 1.807) is 0 Å². The second-order valence-electron chi connectivity index (χ2n) is 5.13. The average Bonchev–Trinajstić information content (AvgIpc) is 2.55. The number of carboxylic acid groups (broad SMARTS) is 1. The van der Waals surface area contributed by atoms with E-state index in [4.69, 9.17) is 5.11 Å². The number of benzene rings is 1. The number of aliphatic carboxylic acids is 1. The molecule has 1 aromatic carbocycles. The van der Waals surface area contributed by atoms with E-state index < -0.39 is 21.9 Å². The maximum absolute atomic E-state index is 12.4. The van der Waals surface area contributed by atoms with Crippen molar-refractivity contribution in [3.8, 4) is 11.4 Å². The first-order valence-electron chi connectivity index (χ1n) is 6.89. The molecular formula is C15H17N3O4S. The van der Waals surface area contributed by atoms with Crippen LogP contribution < -0.4 is 0 Å². The molecule has 0 aliphatic heterocycles. The zero-order valence-corrected chi connectivity index (χ0v) is 13.6. The van der Waals surface area contributed by atoms with Crippen LogP contribution in [0.2, 0.25) is 0 Å². The van der Waals surface area contributed by atoms with Gasteiger partial charge in [0.05, 0.1) is 18.3 Å². The summed E-state index contributed by atoms with van der Waals surface area (Å²) >= 11 is 0. The van der Waals surface area contributed by atoms with E-state index in [2.05, 4.69) is 9.97 Å². The second kappa shape index (κ2) is 6.84. The largest absolute Gasteiger partial charge is 0.481 e. The first kappa shape index (κ1) is 17.0. The molecule has 8 heteroatoms. The molecule has 1 heterocycles. The van der Waals surface area contributed by atoms with Crippen LogP contribution in [0.1, 0.15) is 6.92 Å². The Hall–Kier alpha value is -2.32. The van der Waals surface area contributed by atoms with Crippen LogP contribution in [-0.4, -0.2) is 47.4 Å². The number of nitrogens with zero attached hydrogens (tertiary/aromatic N) is 3. The van der Waals surface area contributed by atoms with Crippen molar-refractivity contribution in [2.45, 2.75) is 11.8 Å². The molecule has 1 N–H and O–H groups in total. The van der Waals surface area contributed by atoms with Crippen LogP contribution in [0.15, 0.2) is 47.6 Å². The smallest absolute Gasteiger partial charge is 0.307 e. The highest BCUT2D eigenvalue weighted by atomic mass is 32.2. The number of carboxylic acids is 1. The fourth-order valence-electron chi connectivity index (χ4n) is 1.93. The molecule has 1 atom stereocenters. The Balaban J connectivity index is 2.22. The highest BCUT2D eigenvalue weighted by Gasteiger charge is 2.25. The first-order chi connectivity index (χ1) is 10.8. The SMILES string of the molecule is CC(CN(C)S(=O)(=O)c1cnc(-c2ccccc2)nc1)C(=O)O.